The van der Waals surface area contributed by atoms with Gasteiger partial charge in [-0.1, -0.05) is 24.3 Å². The lowest BCUT2D eigenvalue weighted by Gasteiger charge is -2.14. The number of hydrogen-bond acceptors (Lipinski definition) is 6. The maximum Gasteiger partial charge on any atom is 0.331 e. The van der Waals surface area contributed by atoms with Crippen LogP contribution in [0.2, 0.25) is 0 Å². The quantitative estimate of drug-likeness (QED) is 0.199. The molecule has 0 aliphatic carbocycles. The molecule has 0 radical (unpaired) electrons. The molecule has 190 valence electrons. The van der Waals surface area contributed by atoms with Crippen LogP contribution in [0.1, 0.15) is 24.8 Å². The molecule has 0 atom stereocenters. The van der Waals surface area contributed by atoms with Crippen LogP contribution < -0.4 is 21.3 Å². The summed E-state index contributed by atoms with van der Waals surface area (Å²) in [7, 11) is 1.57. The van der Waals surface area contributed by atoms with Gasteiger partial charge in [0, 0.05) is 30.8 Å². The number of para-hydroxylation sites is 1. The SMILES string of the molecule is COc1ccc(NC(=O)CCCCn2c(=O)c3ccccc3n(Cc3cccc([N+](=O)[O-])c3)c2=O)cc1. The second-order valence-corrected chi connectivity index (χ2v) is 8.50. The van der Waals surface area contributed by atoms with Crippen molar-refractivity contribution in [3.05, 3.63) is 109 Å². The Kier molecular flexibility index (Phi) is 7.77. The highest BCUT2D eigenvalue weighted by molar-refractivity contribution is 5.90. The molecule has 10 nitrogen and oxygen atoms in total. The number of unbranched alkanes of at least 4 members (excludes halogenated alkanes) is 1. The van der Waals surface area contributed by atoms with Gasteiger partial charge in [-0.05, 0) is 54.8 Å². The van der Waals surface area contributed by atoms with Crippen molar-refractivity contribution in [3.8, 4) is 5.75 Å². The standard InChI is InChI=1S/C27H26N4O6/c1-37-22-14-12-20(13-15-22)28-25(32)11-4-5-16-29-26(33)23-9-2-3-10-24(23)30(27(29)34)18-19-7-6-8-21(17-19)31(35)36/h2-3,6-10,12-15,17H,4-5,11,16,18H2,1H3,(H,28,32). The summed E-state index contributed by atoms with van der Waals surface area (Å²) >= 11 is 0. The number of hydrogen-bond donors (Lipinski definition) is 1. The minimum Gasteiger partial charge on any atom is -0.497 e. The predicted octanol–water partition coefficient (Wildman–Crippen LogP) is 3.94. The number of nitro benzene ring substituents is 1. The first-order valence-corrected chi connectivity index (χ1v) is 11.8. The van der Waals surface area contributed by atoms with Gasteiger partial charge in [0.25, 0.3) is 11.2 Å². The number of carbonyl (C=O) groups is 1. The number of nitro groups is 1. The van der Waals surface area contributed by atoms with Crippen molar-refractivity contribution in [2.24, 2.45) is 0 Å². The van der Waals surface area contributed by atoms with Crippen LogP contribution in [0.25, 0.3) is 10.9 Å². The lowest BCUT2D eigenvalue weighted by Crippen LogP contribution is -2.40. The number of methoxy groups -OCH3 is 1. The van der Waals surface area contributed by atoms with Crippen LogP contribution in [0.15, 0.2) is 82.4 Å². The predicted molar refractivity (Wildman–Crippen MR) is 140 cm³/mol. The highest BCUT2D eigenvalue weighted by Gasteiger charge is 2.15. The molecule has 0 saturated heterocycles. The van der Waals surface area contributed by atoms with Crippen LogP contribution in [-0.2, 0) is 17.9 Å². The molecule has 0 aliphatic heterocycles. The van der Waals surface area contributed by atoms with E-state index in [1.165, 1.54) is 21.3 Å². The first-order valence-electron chi connectivity index (χ1n) is 11.8. The number of nitrogens with one attached hydrogen (secondary N) is 1. The van der Waals surface area contributed by atoms with Gasteiger partial charge in [0.05, 0.1) is 29.5 Å². The number of anilines is 1. The van der Waals surface area contributed by atoms with Crippen LogP contribution in [0.5, 0.6) is 5.75 Å². The third-order valence-electron chi connectivity index (χ3n) is 6.00. The molecular formula is C27H26N4O6. The van der Waals surface area contributed by atoms with Gasteiger partial charge in [0.1, 0.15) is 5.75 Å². The number of non-ortho nitro benzene ring substituents is 1. The second kappa shape index (κ2) is 11.3. The van der Waals surface area contributed by atoms with E-state index >= 15 is 0 Å². The molecule has 0 unspecified atom stereocenters. The van der Waals surface area contributed by atoms with E-state index in [2.05, 4.69) is 5.32 Å². The summed E-state index contributed by atoms with van der Waals surface area (Å²) in [4.78, 5) is 49.4. The Bertz CT molecular complexity index is 1560. The zero-order chi connectivity index (χ0) is 26.4. The number of nitrogens with zero attached hydrogens (tertiary/aromatic N) is 3. The van der Waals surface area contributed by atoms with Crippen molar-refractivity contribution >= 4 is 28.2 Å². The molecule has 1 N–H and O–H groups in total. The Morgan fingerprint density at radius 1 is 0.973 bits per heavy atom. The summed E-state index contributed by atoms with van der Waals surface area (Å²) in [5.41, 5.74) is 0.703. The molecule has 0 bridgehead atoms. The number of benzene rings is 3. The first-order chi connectivity index (χ1) is 17.9. The van der Waals surface area contributed by atoms with Gasteiger partial charge >= 0.3 is 5.69 Å². The van der Waals surface area contributed by atoms with Gasteiger partial charge < -0.3 is 10.1 Å². The maximum atomic E-state index is 13.4. The zero-order valence-electron chi connectivity index (χ0n) is 20.3. The summed E-state index contributed by atoms with van der Waals surface area (Å²) in [6.45, 7) is 0.221. The van der Waals surface area contributed by atoms with Gasteiger partial charge in [0.15, 0.2) is 0 Å². The highest BCUT2D eigenvalue weighted by Crippen LogP contribution is 2.17. The summed E-state index contributed by atoms with van der Waals surface area (Å²) in [6.07, 6.45) is 1.15. The first kappa shape index (κ1) is 25.4. The van der Waals surface area contributed by atoms with Crippen LogP contribution in [-0.4, -0.2) is 27.1 Å². The maximum absolute atomic E-state index is 13.4. The summed E-state index contributed by atoms with van der Waals surface area (Å²) in [5.74, 6) is 0.522. The molecular weight excluding hydrogens is 476 g/mol. The van der Waals surface area contributed by atoms with Crippen molar-refractivity contribution in [2.75, 3.05) is 12.4 Å². The fraction of sp³-hybridized carbons (Fsp3) is 0.222. The molecule has 0 spiro atoms. The summed E-state index contributed by atoms with van der Waals surface area (Å²) in [5, 5.41) is 14.4. The smallest absolute Gasteiger partial charge is 0.331 e. The number of amides is 1. The molecule has 37 heavy (non-hydrogen) atoms. The van der Waals surface area contributed by atoms with Crippen LogP contribution in [0.4, 0.5) is 11.4 Å². The Morgan fingerprint density at radius 3 is 2.46 bits per heavy atom. The van der Waals surface area contributed by atoms with E-state index in [4.69, 9.17) is 4.74 Å². The minimum absolute atomic E-state index is 0.0731. The molecule has 1 aromatic heterocycles. The average molecular weight is 503 g/mol. The van der Waals surface area contributed by atoms with Crippen LogP contribution in [0, 0.1) is 10.1 Å². The molecule has 0 saturated carbocycles. The topological polar surface area (TPSA) is 125 Å². The molecule has 1 heterocycles. The molecule has 10 heteroatoms. The monoisotopic (exact) mass is 502 g/mol. The molecule has 3 aromatic carbocycles. The van der Waals surface area contributed by atoms with Gasteiger partial charge in [-0.2, -0.15) is 0 Å². The fourth-order valence-electron chi connectivity index (χ4n) is 4.13. The largest absolute Gasteiger partial charge is 0.497 e. The number of fused-ring (bicyclic) bond motifs is 1. The molecule has 1 amide bonds. The normalized spacial score (nSPS) is 10.8. The number of aromatic nitrogens is 2. The molecule has 0 fully saturated rings. The number of carbonyl (C=O) groups excluding carboxylic acids is 1. The average Bonchev–Trinajstić information content (AvgIpc) is 2.91. The van der Waals surface area contributed by atoms with Gasteiger partial charge in [-0.15, -0.1) is 0 Å². The van der Waals surface area contributed by atoms with Gasteiger partial charge in [-0.25, -0.2) is 4.79 Å². The van der Waals surface area contributed by atoms with E-state index in [0.717, 1.165) is 0 Å². The molecule has 4 rings (SSSR count). The van der Waals surface area contributed by atoms with Crippen molar-refractivity contribution in [1.29, 1.82) is 0 Å². The van der Waals surface area contributed by atoms with Gasteiger partial charge in [-0.3, -0.25) is 28.8 Å². The Hall–Kier alpha value is -4.73. The lowest BCUT2D eigenvalue weighted by atomic mass is 10.1. The Morgan fingerprint density at radius 2 is 1.73 bits per heavy atom. The van der Waals surface area contributed by atoms with Crippen LogP contribution >= 0.6 is 0 Å². The Balaban J connectivity index is 1.49. The third kappa shape index (κ3) is 5.92. The molecule has 4 aromatic rings. The third-order valence-corrected chi connectivity index (χ3v) is 6.00. The van der Waals surface area contributed by atoms with Crippen LogP contribution in [0.3, 0.4) is 0 Å². The van der Waals surface area contributed by atoms with E-state index in [0.29, 0.717) is 40.7 Å². The van der Waals surface area contributed by atoms with E-state index < -0.39 is 16.2 Å². The zero-order valence-corrected chi connectivity index (χ0v) is 20.3. The minimum atomic E-state index is -0.502. The van der Waals surface area contributed by atoms with E-state index in [-0.39, 0.29) is 31.1 Å². The fourth-order valence-corrected chi connectivity index (χ4v) is 4.13. The van der Waals surface area contributed by atoms with E-state index in [1.54, 1.807) is 67.8 Å². The molecule has 0 aliphatic rings. The van der Waals surface area contributed by atoms with E-state index in [1.807, 2.05) is 0 Å². The Labute approximate surface area is 211 Å². The number of rotatable bonds is 10. The number of ether oxygens (including phenoxy) is 1. The summed E-state index contributed by atoms with van der Waals surface area (Å²) in [6, 6.07) is 19.8. The van der Waals surface area contributed by atoms with Crippen molar-refractivity contribution in [1.82, 2.24) is 9.13 Å². The van der Waals surface area contributed by atoms with Crippen molar-refractivity contribution < 1.29 is 14.5 Å². The second-order valence-electron chi connectivity index (χ2n) is 8.50. The van der Waals surface area contributed by atoms with E-state index in [9.17, 15) is 24.5 Å². The lowest BCUT2D eigenvalue weighted by molar-refractivity contribution is -0.384. The van der Waals surface area contributed by atoms with Crippen molar-refractivity contribution in [2.45, 2.75) is 32.4 Å². The summed E-state index contributed by atoms with van der Waals surface area (Å²) < 4.78 is 7.72. The highest BCUT2D eigenvalue weighted by atomic mass is 16.6. The van der Waals surface area contributed by atoms with Gasteiger partial charge in [0.2, 0.25) is 5.91 Å². The van der Waals surface area contributed by atoms with Crippen molar-refractivity contribution in [3.63, 3.8) is 0 Å².